The number of benzene rings is 1. The van der Waals surface area contributed by atoms with E-state index in [1.807, 2.05) is 36.4 Å². The molecule has 7 nitrogen and oxygen atoms in total. The lowest BCUT2D eigenvalue weighted by Crippen LogP contribution is -2.07. The highest BCUT2D eigenvalue weighted by atomic mass is 16.5. The van der Waals surface area contributed by atoms with Crippen LogP contribution in [-0.4, -0.2) is 31.8 Å². The average Bonchev–Trinajstić information content (AvgIpc) is 3.02. The monoisotopic (exact) mass is 296 g/mol. The molecule has 0 aliphatic rings. The number of hydrogen-bond donors (Lipinski definition) is 1. The number of ether oxygens (including phenoxy) is 1. The minimum Gasteiger partial charge on any atom is -0.494 e. The topological polar surface area (TPSA) is 91.7 Å². The van der Waals surface area contributed by atoms with Crippen LogP contribution in [0.1, 0.15) is 6.42 Å². The second kappa shape index (κ2) is 6.66. The standard InChI is InChI=1S/C15H16N6O/c16-13-4-6-14(7-5-13)22-10-2-9-21-15(18-19-20-21)12-3-1-8-17-11-12/h1,3-8,11H,2,9-10,16H2. The fraction of sp³-hybridized carbons (Fsp3) is 0.200. The van der Waals surface area contributed by atoms with Crippen LogP contribution in [0.25, 0.3) is 11.4 Å². The predicted octanol–water partition coefficient (Wildman–Crippen LogP) is 1.79. The van der Waals surface area contributed by atoms with E-state index >= 15 is 0 Å². The highest BCUT2D eigenvalue weighted by Crippen LogP contribution is 2.15. The maximum atomic E-state index is 5.66. The van der Waals surface area contributed by atoms with E-state index in [0.717, 1.165) is 23.4 Å². The molecule has 112 valence electrons. The fourth-order valence-corrected chi connectivity index (χ4v) is 2.03. The van der Waals surface area contributed by atoms with Gasteiger partial charge in [0.2, 0.25) is 0 Å². The van der Waals surface area contributed by atoms with Crippen LogP contribution in [-0.2, 0) is 6.54 Å². The molecule has 7 heteroatoms. The van der Waals surface area contributed by atoms with Crippen LogP contribution in [0.15, 0.2) is 48.8 Å². The van der Waals surface area contributed by atoms with E-state index in [4.69, 9.17) is 10.5 Å². The summed E-state index contributed by atoms with van der Waals surface area (Å²) in [6.07, 6.45) is 4.26. The Bertz CT molecular complexity index is 710. The molecule has 1 aromatic carbocycles. The Hall–Kier alpha value is -2.96. The van der Waals surface area contributed by atoms with Gasteiger partial charge in [0.1, 0.15) is 5.75 Å². The van der Waals surface area contributed by atoms with Crippen LogP contribution in [0.4, 0.5) is 5.69 Å². The van der Waals surface area contributed by atoms with E-state index in [1.54, 1.807) is 17.1 Å². The molecule has 0 saturated carbocycles. The highest BCUT2D eigenvalue weighted by Gasteiger charge is 2.08. The third kappa shape index (κ3) is 3.38. The third-order valence-corrected chi connectivity index (χ3v) is 3.11. The summed E-state index contributed by atoms with van der Waals surface area (Å²) >= 11 is 0. The molecule has 0 fully saturated rings. The minimum absolute atomic E-state index is 0.580. The molecule has 2 aromatic heterocycles. The first-order chi connectivity index (χ1) is 10.8. The van der Waals surface area contributed by atoms with E-state index in [1.165, 1.54) is 0 Å². The summed E-state index contributed by atoms with van der Waals surface area (Å²) in [5, 5.41) is 11.8. The SMILES string of the molecule is Nc1ccc(OCCCn2nnnc2-c2cccnc2)cc1. The Morgan fingerprint density at radius 3 is 2.77 bits per heavy atom. The molecule has 3 rings (SSSR count). The fourth-order valence-electron chi connectivity index (χ4n) is 2.03. The summed E-state index contributed by atoms with van der Waals surface area (Å²) in [7, 11) is 0. The maximum Gasteiger partial charge on any atom is 0.183 e. The molecule has 0 aliphatic carbocycles. The molecule has 2 N–H and O–H groups in total. The van der Waals surface area contributed by atoms with Crippen LogP contribution in [0, 0.1) is 0 Å². The number of nitrogens with two attached hydrogens (primary N) is 1. The first kappa shape index (κ1) is 14.0. The molecule has 0 aliphatic heterocycles. The Balaban J connectivity index is 1.54. The van der Waals surface area contributed by atoms with Crippen molar-refractivity contribution in [3.05, 3.63) is 48.8 Å². The van der Waals surface area contributed by atoms with Gasteiger partial charge in [0, 0.05) is 36.6 Å². The van der Waals surface area contributed by atoms with Gasteiger partial charge >= 0.3 is 0 Å². The summed E-state index contributed by atoms with van der Waals surface area (Å²) in [4.78, 5) is 4.08. The molecule has 0 atom stereocenters. The van der Waals surface area contributed by atoms with E-state index in [9.17, 15) is 0 Å². The number of anilines is 1. The first-order valence-corrected chi connectivity index (χ1v) is 6.98. The number of nitrogens with zero attached hydrogens (tertiary/aromatic N) is 5. The summed E-state index contributed by atoms with van der Waals surface area (Å²) in [6, 6.07) is 11.1. The lowest BCUT2D eigenvalue weighted by Gasteiger charge is -2.07. The summed E-state index contributed by atoms with van der Waals surface area (Å²) in [5.74, 6) is 1.51. The predicted molar refractivity (Wildman–Crippen MR) is 82.0 cm³/mol. The second-order valence-corrected chi connectivity index (χ2v) is 4.74. The first-order valence-electron chi connectivity index (χ1n) is 6.98. The number of nitrogen functional groups attached to an aromatic ring is 1. The van der Waals surface area contributed by atoms with Crippen LogP contribution in [0.3, 0.4) is 0 Å². The van der Waals surface area contributed by atoms with Crippen molar-refractivity contribution >= 4 is 5.69 Å². The molecule has 2 heterocycles. The van der Waals surface area contributed by atoms with E-state index in [0.29, 0.717) is 19.0 Å². The molecule has 0 amide bonds. The van der Waals surface area contributed by atoms with Crippen molar-refractivity contribution in [1.29, 1.82) is 0 Å². The quantitative estimate of drug-likeness (QED) is 0.550. The van der Waals surface area contributed by atoms with Crippen molar-refractivity contribution in [2.45, 2.75) is 13.0 Å². The van der Waals surface area contributed by atoms with Gasteiger partial charge in [-0.05, 0) is 46.8 Å². The van der Waals surface area contributed by atoms with Gasteiger partial charge in [0.25, 0.3) is 0 Å². The summed E-state index contributed by atoms with van der Waals surface area (Å²) in [5.41, 5.74) is 7.25. The number of pyridine rings is 1. The summed E-state index contributed by atoms with van der Waals surface area (Å²) in [6.45, 7) is 1.25. The molecule has 0 saturated heterocycles. The van der Waals surface area contributed by atoms with Crippen molar-refractivity contribution < 1.29 is 4.74 Å². The van der Waals surface area contributed by atoms with Gasteiger partial charge in [-0.15, -0.1) is 5.10 Å². The van der Waals surface area contributed by atoms with Gasteiger partial charge in [-0.25, -0.2) is 4.68 Å². The van der Waals surface area contributed by atoms with Crippen molar-refractivity contribution in [2.75, 3.05) is 12.3 Å². The van der Waals surface area contributed by atoms with E-state index in [-0.39, 0.29) is 0 Å². The molecular weight excluding hydrogens is 280 g/mol. The molecule has 0 radical (unpaired) electrons. The van der Waals surface area contributed by atoms with Crippen LogP contribution < -0.4 is 10.5 Å². The number of hydrogen-bond acceptors (Lipinski definition) is 6. The zero-order valence-corrected chi connectivity index (χ0v) is 12.0. The van der Waals surface area contributed by atoms with Crippen molar-refractivity contribution in [3.63, 3.8) is 0 Å². The summed E-state index contributed by atoms with van der Waals surface area (Å²) < 4.78 is 7.41. The zero-order valence-electron chi connectivity index (χ0n) is 12.0. The Morgan fingerprint density at radius 2 is 2.00 bits per heavy atom. The highest BCUT2D eigenvalue weighted by molar-refractivity contribution is 5.52. The van der Waals surface area contributed by atoms with Gasteiger partial charge in [0.05, 0.1) is 6.61 Å². The van der Waals surface area contributed by atoms with E-state index in [2.05, 4.69) is 20.5 Å². The third-order valence-electron chi connectivity index (χ3n) is 3.11. The van der Waals surface area contributed by atoms with Crippen LogP contribution >= 0.6 is 0 Å². The largest absolute Gasteiger partial charge is 0.494 e. The molecule has 0 bridgehead atoms. The van der Waals surface area contributed by atoms with Crippen molar-refractivity contribution in [3.8, 4) is 17.1 Å². The van der Waals surface area contributed by atoms with Crippen molar-refractivity contribution in [2.24, 2.45) is 0 Å². The van der Waals surface area contributed by atoms with E-state index < -0.39 is 0 Å². The Labute approximate surface area is 127 Å². The van der Waals surface area contributed by atoms with Gasteiger partial charge < -0.3 is 10.5 Å². The number of aryl methyl sites for hydroxylation is 1. The van der Waals surface area contributed by atoms with Gasteiger partial charge in [-0.3, -0.25) is 4.98 Å². The molecule has 22 heavy (non-hydrogen) atoms. The smallest absolute Gasteiger partial charge is 0.183 e. The molecular formula is C15H16N6O. The Kier molecular flexibility index (Phi) is 4.24. The molecule has 0 spiro atoms. The van der Waals surface area contributed by atoms with Crippen molar-refractivity contribution in [1.82, 2.24) is 25.2 Å². The maximum absolute atomic E-state index is 5.66. The number of aromatic nitrogens is 5. The van der Waals surface area contributed by atoms with Gasteiger partial charge in [0.15, 0.2) is 5.82 Å². The van der Waals surface area contributed by atoms with Gasteiger partial charge in [-0.2, -0.15) is 0 Å². The van der Waals surface area contributed by atoms with Gasteiger partial charge in [-0.1, -0.05) is 0 Å². The van der Waals surface area contributed by atoms with Crippen LogP contribution in [0.5, 0.6) is 5.75 Å². The Morgan fingerprint density at radius 1 is 1.14 bits per heavy atom. The number of tetrazole rings is 1. The lowest BCUT2D eigenvalue weighted by atomic mass is 10.3. The molecule has 3 aromatic rings. The minimum atomic E-state index is 0.580. The van der Waals surface area contributed by atoms with Crippen LogP contribution in [0.2, 0.25) is 0 Å². The zero-order chi connectivity index (χ0) is 15.2. The number of rotatable bonds is 6. The average molecular weight is 296 g/mol. The molecule has 0 unspecified atom stereocenters. The normalized spacial score (nSPS) is 10.5. The second-order valence-electron chi connectivity index (χ2n) is 4.74. The lowest BCUT2D eigenvalue weighted by molar-refractivity contribution is 0.298.